The minimum atomic E-state index is -0.375. The summed E-state index contributed by atoms with van der Waals surface area (Å²) in [5.74, 6) is 0.604. The zero-order chi connectivity index (χ0) is 13.0. The first-order valence-electron chi connectivity index (χ1n) is 6.50. The Bertz CT molecular complexity index is 386. The van der Waals surface area contributed by atoms with Gasteiger partial charge < -0.3 is 9.47 Å². The Kier molecular flexibility index (Phi) is 4.37. The molecule has 0 radical (unpaired) electrons. The van der Waals surface area contributed by atoms with Gasteiger partial charge in [0.15, 0.2) is 0 Å². The molecule has 1 fully saturated rings. The van der Waals surface area contributed by atoms with E-state index >= 15 is 0 Å². The maximum Gasteiger partial charge on any atom is 0.308 e. The van der Waals surface area contributed by atoms with Crippen molar-refractivity contribution in [2.24, 2.45) is 11.8 Å². The summed E-state index contributed by atoms with van der Waals surface area (Å²) < 4.78 is 11.0. The van der Waals surface area contributed by atoms with E-state index in [0.717, 1.165) is 12.0 Å². The molecule has 3 heteroatoms. The van der Waals surface area contributed by atoms with Crippen LogP contribution in [0.25, 0.3) is 0 Å². The van der Waals surface area contributed by atoms with Gasteiger partial charge in [-0.25, -0.2) is 0 Å². The molecule has 2 rings (SSSR count). The van der Waals surface area contributed by atoms with Crippen molar-refractivity contribution in [1.82, 2.24) is 0 Å². The topological polar surface area (TPSA) is 35.5 Å². The third kappa shape index (κ3) is 3.57. The fraction of sp³-hybridized carbons (Fsp3) is 0.533. The molecule has 2 atom stereocenters. The lowest BCUT2D eigenvalue weighted by Gasteiger charge is -2.19. The van der Waals surface area contributed by atoms with Gasteiger partial charge in [0.1, 0.15) is 0 Å². The predicted octanol–water partition coefficient (Wildman–Crippen LogP) is 3.14. The highest BCUT2D eigenvalue weighted by atomic mass is 16.7. The van der Waals surface area contributed by atoms with Crippen LogP contribution < -0.4 is 0 Å². The Balaban J connectivity index is 1.89. The van der Waals surface area contributed by atoms with Crippen LogP contribution in [-0.4, -0.2) is 12.3 Å². The van der Waals surface area contributed by atoms with Gasteiger partial charge in [-0.3, -0.25) is 4.79 Å². The summed E-state index contributed by atoms with van der Waals surface area (Å²) in [6, 6.07) is 9.94. The molecule has 0 aliphatic carbocycles. The maximum atomic E-state index is 11.4. The number of ether oxygens (including phenoxy) is 2. The molecular formula is C15H20O3. The smallest absolute Gasteiger partial charge is 0.308 e. The molecular weight excluding hydrogens is 228 g/mol. The molecule has 0 aromatic heterocycles. The van der Waals surface area contributed by atoms with Crippen LogP contribution in [0.3, 0.4) is 0 Å². The van der Waals surface area contributed by atoms with Crippen molar-refractivity contribution < 1.29 is 14.3 Å². The fourth-order valence-electron chi connectivity index (χ4n) is 2.31. The van der Waals surface area contributed by atoms with E-state index in [0.29, 0.717) is 18.9 Å². The Hall–Kier alpha value is -1.35. The van der Waals surface area contributed by atoms with Gasteiger partial charge in [-0.2, -0.15) is 0 Å². The van der Waals surface area contributed by atoms with Crippen LogP contribution in [0, 0.1) is 11.8 Å². The van der Waals surface area contributed by atoms with Crippen molar-refractivity contribution in [3.63, 3.8) is 0 Å². The number of esters is 1. The highest BCUT2D eigenvalue weighted by Gasteiger charge is 2.35. The zero-order valence-corrected chi connectivity index (χ0v) is 11.0. The molecule has 1 aliphatic heterocycles. The average Bonchev–Trinajstić information content (AvgIpc) is 2.67. The third-order valence-electron chi connectivity index (χ3n) is 3.09. The van der Waals surface area contributed by atoms with Crippen molar-refractivity contribution >= 4 is 5.97 Å². The van der Waals surface area contributed by atoms with Gasteiger partial charge in [0.05, 0.1) is 13.0 Å². The van der Waals surface area contributed by atoms with E-state index in [-0.39, 0.29) is 18.2 Å². The summed E-state index contributed by atoms with van der Waals surface area (Å²) in [4.78, 5) is 11.4. The zero-order valence-electron chi connectivity index (χ0n) is 11.0. The quantitative estimate of drug-likeness (QED) is 0.751. The normalized spacial score (nSPS) is 23.4. The van der Waals surface area contributed by atoms with Crippen molar-refractivity contribution in [3.8, 4) is 0 Å². The second-order valence-electron chi connectivity index (χ2n) is 5.25. The van der Waals surface area contributed by atoms with Crippen molar-refractivity contribution in [2.45, 2.75) is 39.6 Å². The molecule has 3 nitrogen and oxygen atoms in total. The van der Waals surface area contributed by atoms with Crippen LogP contribution in [0.1, 0.15) is 32.3 Å². The van der Waals surface area contributed by atoms with Crippen LogP contribution in [0.5, 0.6) is 0 Å². The second-order valence-corrected chi connectivity index (χ2v) is 5.25. The summed E-state index contributed by atoms with van der Waals surface area (Å²) in [6.45, 7) is 4.79. The predicted molar refractivity (Wildman–Crippen MR) is 68.7 cm³/mol. The largest absolute Gasteiger partial charge is 0.435 e. The Morgan fingerprint density at radius 1 is 1.33 bits per heavy atom. The van der Waals surface area contributed by atoms with Crippen LogP contribution in [0.4, 0.5) is 0 Å². The summed E-state index contributed by atoms with van der Waals surface area (Å²) in [6.07, 6.45) is 1.07. The van der Waals surface area contributed by atoms with Gasteiger partial charge in [-0.05, 0) is 17.9 Å². The molecule has 0 spiro atoms. The number of carbonyl (C=O) groups is 1. The number of rotatable bonds is 5. The number of hydrogen-bond donors (Lipinski definition) is 0. The highest BCUT2D eigenvalue weighted by molar-refractivity contribution is 5.71. The molecule has 1 saturated heterocycles. The van der Waals surface area contributed by atoms with Gasteiger partial charge in [0.25, 0.3) is 0 Å². The molecule has 1 heterocycles. The van der Waals surface area contributed by atoms with Crippen LogP contribution in [0.15, 0.2) is 30.3 Å². The fourth-order valence-corrected chi connectivity index (χ4v) is 2.31. The first-order valence-corrected chi connectivity index (χ1v) is 6.50. The maximum absolute atomic E-state index is 11.4. The second kappa shape index (κ2) is 6.01. The molecule has 0 saturated carbocycles. The lowest BCUT2D eigenvalue weighted by atomic mass is 9.95. The third-order valence-corrected chi connectivity index (χ3v) is 3.09. The van der Waals surface area contributed by atoms with Crippen LogP contribution >= 0.6 is 0 Å². The molecule has 1 aromatic rings. The van der Waals surface area contributed by atoms with E-state index in [1.807, 2.05) is 30.3 Å². The van der Waals surface area contributed by atoms with Gasteiger partial charge in [0, 0.05) is 5.92 Å². The SMILES string of the molecule is CC(C)CC1CC(=O)OC1OCc1ccccc1. The number of cyclic esters (lactones) is 1. The summed E-state index contributed by atoms with van der Waals surface area (Å²) >= 11 is 0. The molecule has 0 N–H and O–H groups in total. The van der Waals surface area contributed by atoms with Gasteiger partial charge in [-0.1, -0.05) is 44.2 Å². The Morgan fingerprint density at radius 2 is 2.06 bits per heavy atom. The highest BCUT2D eigenvalue weighted by Crippen LogP contribution is 2.29. The number of benzene rings is 1. The van der Waals surface area contributed by atoms with E-state index in [1.165, 1.54) is 0 Å². The van der Waals surface area contributed by atoms with Gasteiger partial charge in [-0.15, -0.1) is 0 Å². The monoisotopic (exact) mass is 248 g/mol. The van der Waals surface area contributed by atoms with E-state index < -0.39 is 0 Å². The Morgan fingerprint density at radius 3 is 2.72 bits per heavy atom. The minimum Gasteiger partial charge on any atom is -0.435 e. The molecule has 1 aliphatic rings. The molecule has 0 amide bonds. The molecule has 98 valence electrons. The van der Waals surface area contributed by atoms with E-state index in [1.54, 1.807) is 0 Å². The molecule has 2 unspecified atom stereocenters. The van der Waals surface area contributed by atoms with E-state index in [2.05, 4.69) is 13.8 Å². The Labute approximate surface area is 108 Å². The standard InChI is InChI=1S/C15H20O3/c1-11(2)8-13-9-14(16)18-15(13)17-10-12-6-4-3-5-7-12/h3-7,11,13,15H,8-10H2,1-2H3. The summed E-state index contributed by atoms with van der Waals surface area (Å²) in [5, 5.41) is 0. The number of hydrogen-bond acceptors (Lipinski definition) is 3. The number of carbonyl (C=O) groups excluding carboxylic acids is 1. The lowest BCUT2D eigenvalue weighted by molar-refractivity contribution is -0.170. The first-order chi connectivity index (χ1) is 8.65. The van der Waals surface area contributed by atoms with Crippen LogP contribution in [0.2, 0.25) is 0 Å². The first kappa shape index (κ1) is 13.1. The van der Waals surface area contributed by atoms with Crippen LogP contribution in [-0.2, 0) is 20.9 Å². The van der Waals surface area contributed by atoms with Gasteiger partial charge >= 0.3 is 5.97 Å². The lowest BCUT2D eigenvalue weighted by Crippen LogP contribution is -2.21. The summed E-state index contributed by atoms with van der Waals surface area (Å²) in [7, 11) is 0. The summed E-state index contributed by atoms with van der Waals surface area (Å²) in [5.41, 5.74) is 1.10. The minimum absolute atomic E-state index is 0.140. The van der Waals surface area contributed by atoms with Gasteiger partial charge in [0.2, 0.25) is 6.29 Å². The average molecular weight is 248 g/mol. The van der Waals surface area contributed by atoms with Crippen molar-refractivity contribution in [1.29, 1.82) is 0 Å². The molecule has 0 bridgehead atoms. The van der Waals surface area contributed by atoms with Crippen molar-refractivity contribution in [2.75, 3.05) is 0 Å². The van der Waals surface area contributed by atoms with E-state index in [4.69, 9.17) is 9.47 Å². The molecule has 1 aromatic carbocycles. The van der Waals surface area contributed by atoms with Crippen molar-refractivity contribution in [3.05, 3.63) is 35.9 Å². The molecule has 18 heavy (non-hydrogen) atoms. The van der Waals surface area contributed by atoms with E-state index in [9.17, 15) is 4.79 Å².